The molecule has 0 saturated heterocycles. The molecule has 0 spiro atoms. The Bertz CT molecular complexity index is 1170. The fraction of sp³-hybridized carbons (Fsp3) is 0.364. The lowest BCUT2D eigenvalue weighted by Crippen LogP contribution is -2.32. The number of carbonyl (C=O) groups is 1. The lowest BCUT2D eigenvalue weighted by Gasteiger charge is -2.21. The molecule has 0 radical (unpaired) electrons. The fourth-order valence-corrected chi connectivity index (χ4v) is 5.85. The van der Waals surface area contributed by atoms with E-state index in [1.54, 1.807) is 7.11 Å². The molecule has 0 aliphatic rings. The first kappa shape index (κ1) is 23.2. The molecule has 1 N–H and O–H groups in total. The van der Waals surface area contributed by atoms with E-state index in [0.29, 0.717) is 35.1 Å². The molecule has 0 bridgehead atoms. The normalized spacial score (nSPS) is 11.8. The van der Waals surface area contributed by atoms with Gasteiger partial charge in [0, 0.05) is 18.7 Å². The van der Waals surface area contributed by atoms with Crippen LogP contribution in [0.2, 0.25) is 0 Å². The van der Waals surface area contributed by atoms with Crippen molar-refractivity contribution in [2.75, 3.05) is 25.5 Å². The van der Waals surface area contributed by atoms with Gasteiger partial charge in [0.15, 0.2) is 5.13 Å². The highest BCUT2D eigenvalue weighted by molar-refractivity contribution is 7.89. The molecular formula is C22H27N3O4S2. The molecule has 0 fully saturated rings. The minimum atomic E-state index is -3.58. The number of methoxy groups -OCH3 is 1. The molecule has 0 aliphatic heterocycles. The molecule has 2 aromatic carbocycles. The fourth-order valence-electron chi connectivity index (χ4n) is 3.28. The highest BCUT2D eigenvalue weighted by Crippen LogP contribution is 2.34. The molecule has 31 heavy (non-hydrogen) atoms. The van der Waals surface area contributed by atoms with Gasteiger partial charge in [0.25, 0.3) is 5.91 Å². The van der Waals surface area contributed by atoms with Crippen molar-refractivity contribution in [2.45, 2.75) is 38.5 Å². The standard InChI is InChI=1S/C22H27N3O4S2/c1-5-13-25(14-6-2)31(27,28)17-10-8-16(9-11-17)21(26)24-22-23-19-18(29-4)12-7-15(3)20(19)30-22/h7-12H,5-6,13-14H2,1-4H3,(H,23,24,26). The monoisotopic (exact) mass is 461 g/mol. The van der Waals surface area contributed by atoms with Crippen molar-refractivity contribution >= 4 is 42.6 Å². The number of aryl methyl sites for hydroxylation is 1. The highest BCUT2D eigenvalue weighted by atomic mass is 32.2. The summed E-state index contributed by atoms with van der Waals surface area (Å²) in [6.45, 7) is 6.82. The Morgan fingerprint density at radius 1 is 1.10 bits per heavy atom. The Labute approximate surface area is 187 Å². The van der Waals surface area contributed by atoms with E-state index in [4.69, 9.17) is 4.74 Å². The van der Waals surface area contributed by atoms with Gasteiger partial charge in [0.2, 0.25) is 10.0 Å². The Morgan fingerprint density at radius 2 is 1.74 bits per heavy atom. The lowest BCUT2D eigenvalue weighted by atomic mass is 10.2. The number of ether oxygens (including phenoxy) is 1. The van der Waals surface area contributed by atoms with Gasteiger partial charge in [0.05, 0.1) is 16.7 Å². The van der Waals surface area contributed by atoms with Gasteiger partial charge in [-0.3, -0.25) is 10.1 Å². The van der Waals surface area contributed by atoms with Crippen LogP contribution in [0.3, 0.4) is 0 Å². The number of thiazole rings is 1. The van der Waals surface area contributed by atoms with E-state index < -0.39 is 10.0 Å². The second kappa shape index (κ2) is 9.76. The van der Waals surface area contributed by atoms with E-state index in [2.05, 4.69) is 10.3 Å². The van der Waals surface area contributed by atoms with E-state index in [9.17, 15) is 13.2 Å². The number of carbonyl (C=O) groups excluding carboxylic acids is 1. The smallest absolute Gasteiger partial charge is 0.257 e. The molecule has 1 heterocycles. The van der Waals surface area contributed by atoms with Crippen molar-refractivity contribution in [2.24, 2.45) is 0 Å². The van der Waals surface area contributed by atoms with Crippen LogP contribution in [0.4, 0.5) is 5.13 Å². The minimum Gasteiger partial charge on any atom is -0.494 e. The van der Waals surface area contributed by atoms with Crippen LogP contribution >= 0.6 is 11.3 Å². The molecule has 0 saturated carbocycles. The van der Waals surface area contributed by atoms with Crippen LogP contribution in [-0.2, 0) is 10.0 Å². The molecule has 9 heteroatoms. The molecule has 166 valence electrons. The van der Waals surface area contributed by atoms with Crippen LogP contribution in [-0.4, -0.2) is 43.8 Å². The third kappa shape index (κ3) is 4.89. The summed E-state index contributed by atoms with van der Waals surface area (Å²) in [5.74, 6) is 0.300. The Hall–Kier alpha value is -2.49. The number of hydrogen-bond donors (Lipinski definition) is 1. The van der Waals surface area contributed by atoms with E-state index >= 15 is 0 Å². The van der Waals surface area contributed by atoms with Crippen molar-refractivity contribution in [1.82, 2.24) is 9.29 Å². The average molecular weight is 462 g/mol. The third-order valence-electron chi connectivity index (χ3n) is 4.84. The zero-order chi connectivity index (χ0) is 22.6. The first-order chi connectivity index (χ1) is 14.8. The van der Waals surface area contributed by atoms with Gasteiger partial charge >= 0.3 is 0 Å². The van der Waals surface area contributed by atoms with E-state index in [-0.39, 0.29) is 10.8 Å². The van der Waals surface area contributed by atoms with Gasteiger partial charge in [-0.2, -0.15) is 4.31 Å². The summed E-state index contributed by atoms with van der Waals surface area (Å²) in [5.41, 5.74) is 2.11. The van der Waals surface area contributed by atoms with Gasteiger partial charge in [-0.1, -0.05) is 31.3 Å². The van der Waals surface area contributed by atoms with Gasteiger partial charge in [-0.25, -0.2) is 13.4 Å². The predicted octanol–water partition coefficient (Wildman–Crippen LogP) is 4.68. The van der Waals surface area contributed by atoms with E-state index in [1.807, 2.05) is 32.9 Å². The molecule has 3 rings (SSSR count). The van der Waals surface area contributed by atoms with Crippen LogP contribution in [0, 0.1) is 6.92 Å². The second-order valence-electron chi connectivity index (χ2n) is 7.16. The topological polar surface area (TPSA) is 88.6 Å². The van der Waals surface area contributed by atoms with Crippen LogP contribution in [0.15, 0.2) is 41.3 Å². The van der Waals surface area contributed by atoms with E-state index in [0.717, 1.165) is 23.1 Å². The van der Waals surface area contributed by atoms with Crippen molar-refractivity contribution in [1.29, 1.82) is 0 Å². The lowest BCUT2D eigenvalue weighted by molar-refractivity contribution is 0.102. The maximum atomic E-state index is 12.9. The maximum absolute atomic E-state index is 12.9. The van der Waals surface area contributed by atoms with Gasteiger partial charge < -0.3 is 4.74 Å². The second-order valence-corrected chi connectivity index (χ2v) is 10.1. The molecule has 1 amide bonds. The zero-order valence-corrected chi connectivity index (χ0v) is 19.8. The number of nitrogens with zero attached hydrogens (tertiary/aromatic N) is 2. The molecule has 0 aliphatic carbocycles. The van der Waals surface area contributed by atoms with Crippen molar-refractivity contribution in [3.05, 3.63) is 47.5 Å². The van der Waals surface area contributed by atoms with Gasteiger partial charge in [-0.05, 0) is 55.7 Å². The number of sulfonamides is 1. The summed E-state index contributed by atoms with van der Waals surface area (Å²) in [6, 6.07) is 9.81. The minimum absolute atomic E-state index is 0.186. The molecule has 7 nitrogen and oxygen atoms in total. The molecule has 3 aromatic rings. The summed E-state index contributed by atoms with van der Waals surface area (Å²) in [6.07, 6.45) is 1.48. The first-order valence-electron chi connectivity index (χ1n) is 10.2. The molecule has 0 unspecified atom stereocenters. The highest BCUT2D eigenvalue weighted by Gasteiger charge is 2.23. The van der Waals surface area contributed by atoms with Crippen LogP contribution in [0.25, 0.3) is 10.2 Å². The van der Waals surface area contributed by atoms with E-state index in [1.165, 1.54) is 39.9 Å². The van der Waals surface area contributed by atoms with Crippen LogP contribution < -0.4 is 10.1 Å². The largest absolute Gasteiger partial charge is 0.494 e. The molecule has 1 aromatic heterocycles. The Kier molecular flexibility index (Phi) is 7.30. The van der Waals surface area contributed by atoms with Gasteiger partial charge in [0.1, 0.15) is 11.3 Å². The Balaban J connectivity index is 1.81. The average Bonchev–Trinajstić information content (AvgIpc) is 3.18. The van der Waals surface area contributed by atoms with Crippen molar-refractivity contribution in [3.63, 3.8) is 0 Å². The number of anilines is 1. The number of hydrogen-bond acceptors (Lipinski definition) is 6. The van der Waals surface area contributed by atoms with Gasteiger partial charge in [-0.15, -0.1) is 0 Å². The predicted molar refractivity (Wildman–Crippen MR) is 125 cm³/mol. The van der Waals surface area contributed by atoms with Crippen molar-refractivity contribution < 1.29 is 17.9 Å². The van der Waals surface area contributed by atoms with Crippen molar-refractivity contribution in [3.8, 4) is 5.75 Å². The number of nitrogens with one attached hydrogen (secondary N) is 1. The van der Waals surface area contributed by atoms with Crippen LogP contribution in [0.1, 0.15) is 42.6 Å². The summed E-state index contributed by atoms with van der Waals surface area (Å²) in [5, 5.41) is 3.26. The molecular weight excluding hydrogens is 434 g/mol. The number of amides is 1. The number of benzene rings is 2. The van der Waals surface area contributed by atoms with Crippen LogP contribution in [0.5, 0.6) is 5.75 Å². The quantitative estimate of drug-likeness (QED) is 0.500. The summed E-state index contributed by atoms with van der Waals surface area (Å²) >= 11 is 1.37. The number of rotatable bonds is 9. The number of aromatic nitrogens is 1. The summed E-state index contributed by atoms with van der Waals surface area (Å²) in [7, 11) is -2.00. The first-order valence-corrected chi connectivity index (χ1v) is 12.4. The summed E-state index contributed by atoms with van der Waals surface area (Å²) < 4.78 is 33.5. The SMILES string of the molecule is CCCN(CCC)S(=O)(=O)c1ccc(C(=O)Nc2nc3c(OC)ccc(C)c3s2)cc1. The maximum Gasteiger partial charge on any atom is 0.257 e. The number of fused-ring (bicyclic) bond motifs is 1. The summed E-state index contributed by atoms with van der Waals surface area (Å²) in [4.78, 5) is 17.4. The third-order valence-corrected chi connectivity index (χ3v) is 7.86. The Morgan fingerprint density at radius 3 is 2.32 bits per heavy atom. The zero-order valence-electron chi connectivity index (χ0n) is 18.1. The molecule has 0 atom stereocenters.